The van der Waals surface area contributed by atoms with E-state index in [1.807, 2.05) is 0 Å². The van der Waals surface area contributed by atoms with Crippen LogP contribution in [0.1, 0.15) is 37.9 Å². The highest BCUT2D eigenvalue weighted by Gasteiger charge is 2.33. The van der Waals surface area contributed by atoms with E-state index in [-0.39, 0.29) is 5.15 Å². The van der Waals surface area contributed by atoms with Crippen molar-refractivity contribution < 1.29 is 13.2 Å². The lowest BCUT2D eigenvalue weighted by atomic mass is 9.94. The van der Waals surface area contributed by atoms with Gasteiger partial charge in [0.05, 0.1) is 0 Å². The molecule has 1 aromatic rings. The summed E-state index contributed by atoms with van der Waals surface area (Å²) in [6.07, 6.45) is -2.21. The molecule has 1 saturated heterocycles. The quantitative estimate of drug-likeness (QED) is 0.754. The molecule has 6 heteroatoms. The number of hydrogen-bond donors (Lipinski definition) is 0. The van der Waals surface area contributed by atoms with Crippen molar-refractivity contribution >= 4 is 11.6 Å². The number of halogens is 4. The summed E-state index contributed by atoms with van der Waals surface area (Å²) in [6.45, 7) is 5.66. The van der Waals surface area contributed by atoms with Crippen molar-refractivity contribution in [2.45, 2.75) is 45.5 Å². The van der Waals surface area contributed by atoms with Crippen LogP contribution in [0.3, 0.4) is 0 Å². The Morgan fingerprint density at radius 2 is 2.00 bits per heavy atom. The van der Waals surface area contributed by atoms with Crippen molar-refractivity contribution in [1.29, 1.82) is 0 Å². The Morgan fingerprint density at radius 1 is 1.30 bits per heavy atom. The highest BCUT2D eigenvalue weighted by molar-refractivity contribution is 6.29. The van der Waals surface area contributed by atoms with Gasteiger partial charge in [0.25, 0.3) is 0 Å². The number of alkyl halides is 3. The Morgan fingerprint density at radius 3 is 2.65 bits per heavy atom. The first kappa shape index (κ1) is 15.6. The third-order valence-corrected chi connectivity index (χ3v) is 3.97. The van der Waals surface area contributed by atoms with Crippen molar-refractivity contribution in [3.63, 3.8) is 0 Å². The van der Waals surface area contributed by atoms with E-state index in [1.54, 1.807) is 0 Å². The second-order valence-electron chi connectivity index (χ2n) is 5.64. The van der Waals surface area contributed by atoms with E-state index >= 15 is 0 Å². The summed E-state index contributed by atoms with van der Waals surface area (Å²) < 4.78 is 38.2. The van der Waals surface area contributed by atoms with Crippen molar-refractivity contribution in [2.24, 2.45) is 5.92 Å². The van der Waals surface area contributed by atoms with Gasteiger partial charge in [0.2, 0.25) is 0 Å². The predicted molar refractivity (Wildman–Crippen MR) is 72.5 cm³/mol. The molecule has 2 unspecified atom stereocenters. The zero-order valence-electron chi connectivity index (χ0n) is 11.5. The van der Waals surface area contributed by atoms with Gasteiger partial charge in [-0.05, 0) is 43.4 Å². The van der Waals surface area contributed by atoms with Gasteiger partial charge in [-0.3, -0.25) is 4.90 Å². The lowest BCUT2D eigenvalue weighted by molar-refractivity contribution is -0.141. The zero-order chi connectivity index (χ0) is 14.9. The SMILES string of the molecule is CC1CCC(C)N(Cc2cc(Cl)nc(C(F)(F)F)c2)C1. The zero-order valence-corrected chi connectivity index (χ0v) is 12.3. The van der Waals surface area contributed by atoms with Gasteiger partial charge in [0.1, 0.15) is 10.8 Å². The normalized spacial score (nSPS) is 24.9. The number of piperidine rings is 1. The van der Waals surface area contributed by atoms with Gasteiger partial charge in [0, 0.05) is 19.1 Å². The standard InChI is InChI=1S/C14H18ClF3N2/c1-9-3-4-10(2)20(7-9)8-11-5-12(14(16,17)18)19-13(15)6-11/h5-6,9-10H,3-4,7-8H2,1-2H3. The summed E-state index contributed by atoms with van der Waals surface area (Å²) in [7, 11) is 0. The average Bonchev–Trinajstić information content (AvgIpc) is 2.32. The molecule has 0 N–H and O–H groups in total. The molecule has 20 heavy (non-hydrogen) atoms. The second kappa shape index (κ2) is 5.90. The third kappa shape index (κ3) is 3.85. The molecule has 1 aromatic heterocycles. The van der Waals surface area contributed by atoms with Crippen LogP contribution >= 0.6 is 11.6 Å². The van der Waals surface area contributed by atoms with Crippen LogP contribution in [0.4, 0.5) is 13.2 Å². The second-order valence-corrected chi connectivity index (χ2v) is 6.03. The first-order valence-corrected chi connectivity index (χ1v) is 7.11. The molecule has 2 rings (SSSR count). The van der Waals surface area contributed by atoms with Crippen LogP contribution in [0.2, 0.25) is 5.15 Å². The summed E-state index contributed by atoms with van der Waals surface area (Å²) >= 11 is 5.71. The number of aromatic nitrogens is 1. The molecule has 1 aliphatic rings. The molecule has 0 amide bonds. The number of pyridine rings is 1. The lowest BCUT2D eigenvalue weighted by Gasteiger charge is -2.36. The van der Waals surface area contributed by atoms with Crippen LogP contribution in [0.25, 0.3) is 0 Å². The van der Waals surface area contributed by atoms with Gasteiger partial charge in [0.15, 0.2) is 0 Å². The predicted octanol–water partition coefficient (Wildman–Crippen LogP) is 4.37. The minimum absolute atomic E-state index is 0.104. The van der Waals surface area contributed by atoms with E-state index in [0.717, 1.165) is 19.0 Å². The molecule has 112 valence electrons. The Kier molecular flexibility index (Phi) is 4.59. The van der Waals surface area contributed by atoms with Crippen molar-refractivity contribution in [2.75, 3.05) is 6.54 Å². The molecular formula is C14H18ClF3N2. The summed E-state index contributed by atoms with van der Waals surface area (Å²) in [5, 5.41) is -0.104. The van der Waals surface area contributed by atoms with Crippen LogP contribution in [-0.2, 0) is 12.7 Å². The van der Waals surface area contributed by atoms with Crippen LogP contribution in [0.15, 0.2) is 12.1 Å². The first-order valence-electron chi connectivity index (χ1n) is 6.73. The van der Waals surface area contributed by atoms with Crippen LogP contribution < -0.4 is 0 Å². The highest BCUT2D eigenvalue weighted by Crippen LogP contribution is 2.30. The molecule has 0 aliphatic carbocycles. The molecule has 0 aromatic carbocycles. The van der Waals surface area contributed by atoms with E-state index in [4.69, 9.17) is 11.6 Å². The van der Waals surface area contributed by atoms with E-state index < -0.39 is 11.9 Å². The molecule has 2 heterocycles. The largest absolute Gasteiger partial charge is 0.433 e. The molecule has 2 atom stereocenters. The van der Waals surface area contributed by atoms with Crippen molar-refractivity contribution in [3.8, 4) is 0 Å². The minimum Gasteiger partial charge on any atom is -0.296 e. The Hall–Kier alpha value is -0.810. The van der Waals surface area contributed by atoms with Gasteiger partial charge in [-0.15, -0.1) is 0 Å². The van der Waals surface area contributed by atoms with E-state index in [1.165, 1.54) is 12.5 Å². The minimum atomic E-state index is -4.46. The van der Waals surface area contributed by atoms with Gasteiger partial charge >= 0.3 is 6.18 Å². The monoisotopic (exact) mass is 306 g/mol. The van der Waals surface area contributed by atoms with Gasteiger partial charge in [-0.2, -0.15) is 13.2 Å². The Labute approximate surface area is 121 Å². The maximum absolute atomic E-state index is 12.7. The lowest BCUT2D eigenvalue weighted by Crippen LogP contribution is -2.40. The summed E-state index contributed by atoms with van der Waals surface area (Å²) in [6, 6.07) is 2.99. The van der Waals surface area contributed by atoms with Crippen LogP contribution in [-0.4, -0.2) is 22.5 Å². The molecule has 2 nitrogen and oxygen atoms in total. The number of rotatable bonds is 2. The Bertz CT molecular complexity index is 476. The number of hydrogen-bond acceptors (Lipinski definition) is 2. The van der Waals surface area contributed by atoms with Crippen LogP contribution in [0, 0.1) is 5.92 Å². The van der Waals surface area contributed by atoms with Crippen LogP contribution in [0.5, 0.6) is 0 Å². The Balaban J connectivity index is 2.18. The summed E-state index contributed by atoms with van der Waals surface area (Å²) in [5.74, 6) is 0.575. The molecule has 1 fully saturated rings. The smallest absolute Gasteiger partial charge is 0.296 e. The maximum atomic E-state index is 12.7. The molecular weight excluding hydrogens is 289 g/mol. The fourth-order valence-corrected chi connectivity index (χ4v) is 2.85. The summed E-state index contributed by atoms with van der Waals surface area (Å²) in [4.78, 5) is 5.56. The topological polar surface area (TPSA) is 16.1 Å². The van der Waals surface area contributed by atoms with E-state index in [0.29, 0.717) is 24.1 Å². The average molecular weight is 307 g/mol. The maximum Gasteiger partial charge on any atom is 0.433 e. The third-order valence-electron chi connectivity index (χ3n) is 3.78. The first-order chi connectivity index (χ1) is 9.25. The molecule has 1 aliphatic heterocycles. The fourth-order valence-electron chi connectivity index (χ4n) is 2.62. The van der Waals surface area contributed by atoms with E-state index in [9.17, 15) is 13.2 Å². The summed E-state index contributed by atoms with van der Waals surface area (Å²) in [5.41, 5.74) is -0.351. The van der Waals surface area contributed by atoms with Crippen molar-refractivity contribution in [1.82, 2.24) is 9.88 Å². The fraction of sp³-hybridized carbons (Fsp3) is 0.643. The number of likely N-dealkylation sites (tertiary alicyclic amines) is 1. The van der Waals surface area contributed by atoms with E-state index in [2.05, 4.69) is 23.7 Å². The van der Waals surface area contributed by atoms with Crippen molar-refractivity contribution in [3.05, 3.63) is 28.5 Å². The van der Waals surface area contributed by atoms with Gasteiger partial charge < -0.3 is 0 Å². The molecule has 0 saturated carbocycles. The molecule has 0 bridgehead atoms. The molecule has 0 spiro atoms. The highest BCUT2D eigenvalue weighted by atomic mass is 35.5. The molecule has 0 radical (unpaired) electrons. The number of nitrogens with zero attached hydrogens (tertiary/aromatic N) is 2. The van der Waals surface area contributed by atoms with Gasteiger partial charge in [-0.1, -0.05) is 18.5 Å². The van der Waals surface area contributed by atoms with Gasteiger partial charge in [-0.25, -0.2) is 4.98 Å².